The van der Waals surface area contributed by atoms with Gasteiger partial charge in [-0.25, -0.2) is 9.97 Å². The summed E-state index contributed by atoms with van der Waals surface area (Å²) in [6, 6.07) is 8.47. The molecule has 0 bridgehead atoms. The topological polar surface area (TPSA) is 53.1 Å². The molecule has 6 heteroatoms. The van der Waals surface area contributed by atoms with Crippen LogP contribution in [0, 0.1) is 0 Å². The Morgan fingerprint density at radius 3 is 2.55 bits per heavy atom. The minimum absolute atomic E-state index is 0. The lowest BCUT2D eigenvalue weighted by Gasteiger charge is -2.26. The normalized spacial score (nSPS) is 17.8. The number of hydrogen-bond acceptors (Lipinski definition) is 5. The number of hydrogen-bond donors (Lipinski definition) is 2. The molecule has 2 aromatic rings. The third kappa shape index (κ3) is 2.64. The number of para-hydroxylation sites is 2. The molecule has 20 heavy (non-hydrogen) atoms. The van der Waals surface area contributed by atoms with Crippen molar-refractivity contribution < 1.29 is 0 Å². The number of benzene rings is 1. The lowest BCUT2D eigenvalue weighted by molar-refractivity contribution is 0.678. The number of anilines is 2. The van der Waals surface area contributed by atoms with Gasteiger partial charge in [-0.3, -0.25) is 0 Å². The zero-order valence-electron chi connectivity index (χ0n) is 11.8. The Morgan fingerprint density at radius 1 is 1.25 bits per heavy atom. The molecule has 2 N–H and O–H groups in total. The SMILES string of the molecule is CNc1nc2ccccc2nc1N(C)[C@@H]1CCNC1.Cl. The first-order chi connectivity index (χ1) is 9.29. The molecule has 0 amide bonds. The number of halogens is 1. The molecule has 0 aliphatic carbocycles. The molecule has 0 spiro atoms. The molecule has 108 valence electrons. The smallest absolute Gasteiger partial charge is 0.172 e. The van der Waals surface area contributed by atoms with Gasteiger partial charge in [-0.05, 0) is 25.1 Å². The minimum Gasteiger partial charge on any atom is -0.370 e. The molecular weight excluding hydrogens is 274 g/mol. The summed E-state index contributed by atoms with van der Waals surface area (Å²) < 4.78 is 0. The van der Waals surface area contributed by atoms with Crippen LogP contribution in [0.3, 0.4) is 0 Å². The van der Waals surface area contributed by atoms with Crippen LogP contribution in [0.2, 0.25) is 0 Å². The van der Waals surface area contributed by atoms with Crippen molar-refractivity contribution in [1.29, 1.82) is 0 Å². The predicted octanol–water partition coefficient (Wildman–Crippen LogP) is 1.89. The van der Waals surface area contributed by atoms with Crippen molar-refractivity contribution in [2.75, 3.05) is 37.4 Å². The van der Waals surface area contributed by atoms with Crippen molar-refractivity contribution in [3.8, 4) is 0 Å². The van der Waals surface area contributed by atoms with E-state index in [1.807, 2.05) is 31.3 Å². The fourth-order valence-electron chi connectivity index (χ4n) is 2.55. The maximum absolute atomic E-state index is 4.76. The Morgan fingerprint density at radius 2 is 1.95 bits per heavy atom. The van der Waals surface area contributed by atoms with Crippen molar-refractivity contribution in [1.82, 2.24) is 15.3 Å². The van der Waals surface area contributed by atoms with Crippen LogP contribution in [0.15, 0.2) is 24.3 Å². The highest BCUT2D eigenvalue weighted by Crippen LogP contribution is 2.26. The summed E-state index contributed by atoms with van der Waals surface area (Å²) in [5.41, 5.74) is 1.86. The number of nitrogens with one attached hydrogen (secondary N) is 2. The van der Waals surface area contributed by atoms with Gasteiger partial charge in [0.05, 0.1) is 11.0 Å². The molecule has 1 saturated heterocycles. The molecule has 0 radical (unpaired) electrons. The number of nitrogens with zero attached hydrogens (tertiary/aromatic N) is 3. The molecular formula is C14H20ClN5. The van der Waals surface area contributed by atoms with Gasteiger partial charge in [0.15, 0.2) is 11.6 Å². The van der Waals surface area contributed by atoms with E-state index >= 15 is 0 Å². The van der Waals surface area contributed by atoms with Crippen molar-refractivity contribution in [3.05, 3.63) is 24.3 Å². The van der Waals surface area contributed by atoms with Gasteiger partial charge in [0.25, 0.3) is 0 Å². The second-order valence-corrected chi connectivity index (χ2v) is 4.89. The van der Waals surface area contributed by atoms with Crippen molar-refractivity contribution >= 4 is 35.1 Å². The van der Waals surface area contributed by atoms with Crippen molar-refractivity contribution in [3.63, 3.8) is 0 Å². The van der Waals surface area contributed by atoms with Gasteiger partial charge in [0.2, 0.25) is 0 Å². The summed E-state index contributed by atoms with van der Waals surface area (Å²) in [4.78, 5) is 11.6. The summed E-state index contributed by atoms with van der Waals surface area (Å²) in [6.45, 7) is 2.08. The first-order valence-electron chi connectivity index (χ1n) is 6.67. The third-order valence-electron chi connectivity index (χ3n) is 3.71. The fourth-order valence-corrected chi connectivity index (χ4v) is 2.55. The highest BCUT2D eigenvalue weighted by molar-refractivity contribution is 5.85. The number of likely N-dealkylation sites (N-methyl/N-ethyl adjacent to an activating group) is 1. The molecule has 1 fully saturated rings. The molecule has 0 saturated carbocycles. The molecule has 5 nitrogen and oxygen atoms in total. The second kappa shape index (κ2) is 6.24. The van der Waals surface area contributed by atoms with Gasteiger partial charge in [-0.1, -0.05) is 12.1 Å². The largest absolute Gasteiger partial charge is 0.370 e. The molecule has 2 heterocycles. The molecule has 1 aliphatic heterocycles. The van der Waals surface area contributed by atoms with E-state index < -0.39 is 0 Å². The number of fused-ring (bicyclic) bond motifs is 1. The fraction of sp³-hybridized carbons (Fsp3) is 0.429. The van der Waals surface area contributed by atoms with Crippen LogP contribution in [0.4, 0.5) is 11.6 Å². The highest BCUT2D eigenvalue weighted by atomic mass is 35.5. The monoisotopic (exact) mass is 293 g/mol. The van der Waals surface area contributed by atoms with Crippen LogP contribution < -0.4 is 15.5 Å². The van der Waals surface area contributed by atoms with E-state index in [9.17, 15) is 0 Å². The summed E-state index contributed by atoms with van der Waals surface area (Å²) in [5, 5.41) is 6.54. The van der Waals surface area contributed by atoms with Crippen molar-refractivity contribution in [2.24, 2.45) is 0 Å². The van der Waals surface area contributed by atoms with Crippen molar-refractivity contribution in [2.45, 2.75) is 12.5 Å². The highest BCUT2D eigenvalue weighted by Gasteiger charge is 2.23. The summed E-state index contributed by atoms with van der Waals surface area (Å²) in [6.07, 6.45) is 1.15. The zero-order chi connectivity index (χ0) is 13.2. The lowest BCUT2D eigenvalue weighted by atomic mass is 10.2. The maximum atomic E-state index is 4.76. The summed E-state index contributed by atoms with van der Waals surface area (Å²) in [5.74, 6) is 1.77. The van der Waals surface area contributed by atoms with Crippen LogP contribution in [-0.2, 0) is 0 Å². The molecule has 1 aromatic carbocycles. The van der Waals surface area contributed by atoms with Crippen LogP contribution in [0.25, 0.3) is 11.0 Å². The van der Waals surface area contributed by atoms with E-state index in [1.54, 1.807) is 0 Å². The Balaban J connectivity index is 0.00000147. The predicted molar refractivity (Wildman–Crippen MR) is 86.0 cm³/mol. The summed E-state index contributed by atoms with van der Waals surface area (Å²) in [7, 11) is 3.99. The van der Waals surface area contributed by atoms with E-state index in [0.717, 1.165) is 42.2 Å². The molecule has 1 aromatic heterocycles. The van der Waals surface area contributed by atoms with E-state index in [2.05, 4.69) is 27.6 Å². The van der Waals surface area contributed by atoms with Gasteiger partial charge in [0.1, 0.15) is 0 Å². The first kappa shape index (κ1) is 14.8. The standard InChI is InChI=1S/C14H19N5.ClH/c1-15-13-14(19(2)10-7-8-16-9-10)18-12-6-4-3-5-11(12)17-13;/h3-6,10,16H,7-9H2,1-2H3,(H,15,17);1H/t10-;/m1./s1. The molecule has 0 unspecified atom stereocenters. The van der Waals surface area contributed by atoms with Crippen LogP contribution in [0.1, 0.15) is 6.42 Å². The zero-order valence-corrected chi connectivity index (χ0v) is 12.6. The minimum atomic E-state index is 0. The van der Waals surface area contributed by atoms with Gasteiger partial charge >= 0.3 is 0 Å². The molecule has 3 rings (SSSR count). The second-order valence-electron chi connectivity index (χ2n) is 4.89. The third-order valence-corrected chi connectivity index (χ3v) is 3.71. The Bertz CT molecular complexity index is 583. The van der Waals surface area contributed by atoms with E-state index in [1.165, 1.54) is 0 Å². The Hall–Kier alpha value is -1.59. The van der Waals surface area contributed by atoms with Crippen LogP contribution in [0.5, 0.6) is 0 Å². The van der Waals surface area contributed by atoms with Gasteiger partial charge < -0.3 is 15.5 Å². The van der Waals surface area contributed by atoms with Gasteiger partial charge in [-0.15, -0.1) is 12.4 Å². The van der Waals surface area contributed by atoms with Gasteiger partial charge in [-0.2, -0.15) is 0 Å². The van der Waals surface area contributed by atoms with E-state index in [-0.39, 0.29) is 12.4 Å². The Labute approximate surface area is 125 Å². The van der Waals surface area contributed by atoms with E-state index in [0.29, 0.717) is 6.04 Å². The molecule has 1 atom stereocenters. The van der Waals surface area contributed by atoms with Gasteiger partial charge in [0, 0.05) is 26.7 Å². The number of rotatable bonds is 3. The van der Waals surface area contributed by atoms with E-state index in [4.69, 9.17) is 4.98 Å². The lowest BCUT2D eigenvalue weighted by Crippen LogP contribution is -2.34. The average Bonchev–Trinajstić information content (AvgIpc) is 2.99. The maximum Gasteiger partial charge on any atom is 0.172 e. The average molecular weight is 294 g/mol. The summed E-state index contributed by atoms with van der Waals surface area (Å²) >= 11 is 0. The number of aromatic nitrogens is 2. The Kier molecular flexibility index (Phi) is 4.62. The molecule has 1 aliphatic rings. The first-order valence-corrected chi connectivity index (χ1v) is 6.67. The van der Waals surface area contributed by atoms with Crippen LogP contribution in [-0.4, -0.2) is 43.2 Å². The van der Waals surface area contributed by atoms with Crippen LogP contribution >= 0.6 is 12.4 Å². The quantitative estimate of drug-likeness (QED) is 0.905.